The van der Waals surface area contributed by atoms with Crippen molar-refractivity contribution in [3.63, 3.8) is 0 Å². The maximum atomic E-state index is 12.5. The summed E-state index contributed by atoms with van der Waals surface area (Å²) in [4.78, 5) is 25.9. The second-order valence-electron chi connectivity index (χ2n) is 6.16. The molecule has 0 aromatic heterocycles. The standard InChI is InChI=1S/C20H29NO3/c1-5-6-7-14-21(15-17(3)20(23)24-4)19(22)13-12-18-10-8-16(2)9-11-18/h8-13,17H,5-7,14-15H2,1-4H3/b13-12+. The summed E-state index contributed by atoms with van der Waals surface area (Å²) in [6.45, 7) is 6.98. The van der Waals surface area contributed by atoms with Gasteiger partial charge in [0.15, 0.2) is 0 Å². The first-order chi connectivity index (χ1) is 11.5. The highest BCUT2D eigenvalue weighted by molar-refractivity contribution is 5.92. The number of esters is 1. The van der Waals surface area contributed by atoms with Crippen molar-refractivity contribution < 1.29 is 14.3 Å². The zero-order valence-corrected chi connectivity index (χ0v) is 15.2. The van der Waals surface area contributed by atoms with Crippen molar-refractivity contribution in [1.29, 1.82) is 0 Å². The van der Waals surface area contributed by atoms with Crippen LogP contribution in [0.1, 0.15) is 44.2 Å². The van der Waals surface area contributed by atoms with E-state index in [1.165, 1.54) is 12.7 Å². The number of hydrogen-bond acceptors (Lipinski definition) is 3. The van der Waals surface area contributed by atoms with Crippen LogP contribution >= 0.6 is 0 Å². The molecule has 1 amide bonds. The Morgan fingerprint density at radius 3 is 2.46 bits per heavy atom. The van der Waals surface area contributed by atoms with Crippen LogP contribution in [-0.4, -0.2) is 37.0 Å². The monoisotopic (exact) mass is 331 g/mol. The van der Waals surface area contributed by atoms with E-state index < -0.39 is 0 Å². The first-order valence-electron chi connectivity index (χ1n) is 8.59. The average molecular weight is 331 g/mol. The molecule has 1 rings (SSSR count). The number of nitrogens with zero attached hydrogens (tertiary/aromatic N) is 1. The second-order valence-corrected chi connectivity index (χ2v) is 6.16. The summed E-state index contributed by atoms with van der Waals surface area (Å²) in [6.07, 6.45) is 6.50. The molecule has 0 bridgehead atoms. The summed E-state index contributed by atoms with van der Waals surface area (Å²) in [5.41, 5.74) is 2.18. The summed E-state index contributed by atoms with van der Waals surface area (Å²) in [7, 11) is 1.37. The molecule has 132 valence electrons. The average Bonchev–Trinajstić information content (AvgIpc) is 2.59. The van der Waals surface area contributed by atoms with E-state index in [9.17, 15) is 9.59 Å². The van der Waals surface area contributed by atoms with Gasteiger partial charge in [0, 0.05) is 19.2 Å². The molecule has 0 saturated heterocycles. The molecular weight excluding hydrogens is 302 g/mol. The molecule has 4 heteroatoms. The lowest BCUT2D eigenvalue weighted by Gasteiger charge is -2.24. The summed E-state index contributed by atoms with van der Waals surface area (Å²) in [5.74, 6) is -0.679. The molecule has 0 radical (unpaired) electrons. The van der Waals surface area contributed by atoms with Gasteiger partial charge >= 0.3 is 5.97 Å². The van der Waals surface area contributed by atoms with Gasteiger partial charge in [-0.25, -0.2) is 0 Å². The van der Waals surface area contributed by atoms with Crippen LogP contribution in [-0.2, 0) is 14.3 Å². The fourth-order valence-corrected chi connectivity index (χ4v) is 2.40. The van der Waals surface area contributed by atoms with Crippen molar-refractivity contribution in [3.8, 4) is 0 Å². The topological polar surface area (TPSA) is 46.6 Å². The van der Waals surface area contributed by atoms with E-state index in [0.29, 0.717) is 13.1 Å². The maximum absolute atomic E-state index is 12.5. The van der Waals surface area contributed by atoms with Gasteiger partial charge in [-0.15, -0.1) is 0 Å². The predicted molar refractivity (Wildman–Crippen MR) is 97.5 cm³/mol. The van der Waals surface area contributed by atoms with Crippen LogP contribution in [0.25, 0.3) is 6.08 Å². The van der Waals surface area contributed by atoms with E-state index in [-0.39, 0.29) is 17.8 Å². The van der Waals surface area contributed by atoms with Crippen LogP contribution in [0.15, 0.2) is 30.3 Å². The summed E-state index contributed by atoms with van der Waals surface area (Å²) >= 11 is 0. The van der Waals surface area contributed by atoms with Crippen LogP contribution in [0.3, 0.4) is 0 Å². The van der Waals surface area contributed by atoms with Gasteiger partial charge in [0.2, 0.25) is 5.91 Å². The third-order valence-electron chi connectivity index (χ3n) is 3.94. The van der Waals surface area contributed by atoms with Crippen molar-refractivity contribution in [2.24, 2.45) is 5.92 Å². The van der Waals surface area contributed by atoms with Gasteiger partial charge in [-0.2, -0.15) is 0 Å². The Morgan fingerprint density at radius 1 is 1.21 bits per heavy atom. The van der Waals surface area contributed by atoms with Gasteiger partial charge in [-0.1, -0.05) is 56.5 Å². The summed E-state index contributed by atoms with van der Waals surface area (Å²) < 4.78 is 4.76. The van der Waals surface area contributed by atoms with Gasteiger partial charge in [-0.3, -0.25) is 9.59 Å². The van der Waals surface area contributed by atoms with Crippen LogP contribution in [0, 0.1) is 12.8 Å². The quantitative estimate of drug-likeness (QED) is 0.392. The predicted octanol–water partition coefficient (Wildman–Crippen LogP) is 3.84. The normalized spacial score (nSPS) is 12.2. The van der Waals surface area contributed by atoms with Crippen molar-refractivity contribution in [2.45, 2.75) is 40.0 Å². The Kier molecular flexibility index (Phi) is 8.84. The molecule has 0 fully saturated rings. The van der Waals surface area contributed by atoms with E-state index in [4.69, 9.17) is 4.74 Å². The Balaban J connectivity index is 2.74. The minimum absolute atomic E-state index is 0.0672. The maximum Gasteiger partial charge on any atom is 0.310 e. The number of amides is 1. The second kappa shape index (κ2) is 10.6. The first-order valence-corrected chi connectivity index (χ1v) is 8.59. The third-order valence-corrected chi connectivity index (χ3v) is 3.94. The molecule has 0 N–H and O–H groups in total. The van der Waals surface area contributed by atoms with E-state index in [1.807, 2.05) is 37.3 Å². The number of carbonyl (C=O) groups is 2. The minimum Gasteiger partial charge on any atom is -0.469 e. The van der Waals surface area contributed by atoms with E-state index in [2.05, 4.69) is 6.92 Å². The smallest absolute Gasteiger partial charge is 0.310 e. The Labute approximate surface area is 145 Å². The fraction of sp³-hybridized carbons (Fsp3) is 0.500. The fourth-order valence-electron chi connectivity index (χ4n) is 2.40. The number of aryl methyl sites for hydroxylation is 1. The molecule has 0 heterocycles. The molecule has 1 atom stereocenters. The van der Waals surface area contributed by atoms with Crippen LogP contribution < -0.4 is 0 Å². The van der Waals surface area contributed by atoms with Gasteiger partial charge in [0.1, 0.15) is 0 Å². The van der Waals surface area contributed by atoms with Crippen LogP contribution in [0.2, 0.25) is 0 Å². The number of carbonyl (C=O) groups excluding carboxylic acids is 2. The summed E-state index contributed by atoms with van der Waals surface area (Å²) in [5, 5.41) is 0. The van der Waals surface area contributed by atoms with Crippen molar-refractivity contribution in [2.75, 3.05) is 20.2 Å². The minimum atomic E-state index is -0.326. The van der Waals surface area contributed by atoms with Crippen molar-refractivity contribution in [1.82, 2.24) is 4.90 Å². The molecule has 0 saturated carbocycles. The number of ether oxygens (including phenoxy) is 1. The number of rotatable bonds is 9. The molecule has 4 nitrogen and oxygen atoms in total. The number of unbranched alkanes of at least 4 members (excludes halogenated alkanes) is 2. The zero-order chi connectivity index (χ0) is 17.9. The molecule has 0 aliphatic carbocycles. The van der Waals surface area contributed by atoms with Gasteiger partial charge in [0.25, 0.3) is 0 Å². The van der Waals surface area contributed by atoms with E-state index in [1.54, 1.807) is 17.9 Å². The lowest BCUT2D eigenvalue weighted by Crippen LogP contribution is -2.37. The number of benzene rings is 1. The molecule has 0 aliphatic rings. The Bertz CT molecular complexity index is 549. The highest BCUT2D eigenvalue weighted by Gasteiger charge is 2.19. The van der Waals surface area contributed by atoms with Crippen molar-refractivity contribution >= 4 is 18.0 Å². The molecule has 1 aromatic rings. The third kappa shape index (κ3) is 6.99. The lowest BCUT2D eigenvalue weighted by atomic mass is 10.1. The Morgan fingerprint density at radius 2 is 1.88 bits per heavy atom. The zero-order valence-electron chi connectivity index (χ0n) is 15.2. The molecule has 1 unspecified atom stereocenters. The van der Waals surface area contributed by atoms with Crippen LogP contribution in [0.4, 0.5) is 0 Å². The van der Waals surface area contributed by atoms with E-state index in [0.717, 1.165) is 24.8 Å². The SMILES string of the molecule is CCCCCN(CC(C)C(=O)OC)C(=O)/C=C/c1ccc(C)cc1. The molecule has 0 spiro atoms. The number of hydrogen-bond donors (Lipinski definition) is 0. The largest absolute Gasteiger partial charge is 0.469 e. The Hall–Kier alpha value is -2.10. The lowest BCUT2D eigenvalue weighted by molar-refractivity contribution is -0.146. The summed E-state index contributed by atoms with van der Waals surface area (Å²) in [6, 6.07) is 8.00. The molecule has 0 aliphatic heterocycles. The highest BCUT2D eigenvalue weighted by Crippen LogP contribution is 2.09. The van der Waals surface area contributed by atoms with E-state index >= 15 is 0 Å². The highest BCUT2D eigenvalue weighted by atomic mass is 16.5. The first kappa shape index (κ1) is 19.9. The molecule has 24 heavy (non-hydrogen) atoms. The number of methoxy groups -OCH3 is 1. The van der Waals surface area contributed by atoms with Gasteiger partial charge in [0.05, 0.1) is 13.0 Å². The van der Waals surface area contributed by atoms with Crippen LogP contribution in [0.5, 0.6) is 0 Å². The van der Waals surface area contributed by atoms with Gasteiger partial charge in [-0.05, 0) is 25.0 Å². The van der Waals surface area contributed by atoms with Crippen molar-refractivity contribution in [3.05, 3.63) is 41.5 Å². The molecule has 1 aromatic carbocycles. The molecular formula is C20H29NO3. The van der Waals surface area contributed by atoms with Gasteiger partial charge < -0.3 is 9.64 Å².